The molecule has 0 unspecified atom stereocenters. The monoisotopic (exact) mass is 495 g/mol. The molecule has 0 spiro atoms. The van der Waals surface area contributed by atoms with Crippen LogP contribution in [-0.2, 0) is 12.0 Å². The van der Waals surface area contributed by atoms with Crippen molar-refractivity contribution >= 4 is 17.5 Å². The summed E-state index contributed by atoms with van der Waals surface area (Å²) in [6.45, 7) is 1.84. The molecular weight excluding hydrogens is 466 g/mol. The molecule has 2 aliphatic rings. The Labute approximate surface area is 210 Å². The van der Waals surface area contributed by atoms with Crippen molar-refractivity contribution in [2.45, 2.75) is 43.7 Å². The zero-order valence-electron chi connectivity index (χ0n) is 20.0. The first-order valence-electron chi connectivity index (χ1n) is 11.9. The summed E-state index contributed by atoms with van der Waals surface area (Å²) < 4.78 is 12.7. The average molecular weight is 496 g/mol. The van der Waals surface area contributed by atoms with Crippen molar-refractivity contribution in [2.75, 3.05) is 27.3 Å². The summed E-state index contributed by atoms with van der Waals surface area (Å²) in [4.78, 5) is 15.4. The van der Waals surface area contributed by atoms with Gasteiger partial charge >= 0.3 is 0 Å². The molecule has 9 heteroatoms. The number of methoxy groups -OCH3 is 2. The third-order valence-electron chi connectivity index (χ3n) is 7.59. The van der Waals surface area contributed by atoms with Gasteiger partial charge in [-0.05, 0) is 61.6 Å². The number of hydrogen-bond acceptors (Lipinski definition) is 6. The smallest absolute Gasteiger partial charge is 0.292 e. The lowest BCUT2D eigenvalue weighted by Gasteiger charge is -2.44. The van der Waals surface area contributed by atoms with E-state index in [2.05, 4.69) is 16.3 Å². The number of rotatable bonds is 6. The van der Waals surface area contributed by atoms with E-state index in [0.29, 0.717) is 42.8 Å². The Morgan fingerprint density at radius 2 is 1.77 bits per heavy atom. The second kappa shape index (κ2) is 9.51. The van der Waals surface area contributed by atoms with E-state index in [9.17, 15) is 4.79 Å². The number of carbonyl (C=O) groups excluding carboxylic acids is 1. The highest BCUT2D eigenvalue weighted by atomic mass is 35.5. The number of hydrogen-bond donors (Lipinski definition) is 1. The number of amides is 1. The predicted molar refractivity (Wildman–Crippen MR) is 134 cm³/mol. The van der Waals surface area contributed by atoms with E-state index in [-0.39, 0.29) is 17.4 Å². The number of halogens is 1. The van der Waals surface area contributed by atoms with Crippen molar-refractivity contribution in [3.63, 3.8) is 0 Å². The average Bonchev–Trinajstić information content (AvgIpc) is 3.34. The summed E-state index contributed by atoms with van der Waals surface area (Å²) in [7, 11) is 3.19. The van der Waals surface area contributed by atoms with Crippen molar-refractivity contribution < 1.29 is 14.3 Å². The van der Waals surface area contributed by atoms with E-state index in [4.69, 9.17) is 26.8 Å². The largest absolute Gasteiger partial charge is 0.493 e. The number of nitrogens with two attached hydrogens (primary N) is 1. The van der Waals surface area contributed by atoms with Gasteiger partial charge in [-0.1, -0.05) is 23.7 Å². The maximum Gasteiger partial charge on any atom is 0.292 e. The van der Waals surface area contributed by atoms with Crippen LogP contribution in [0.15, 0.2) is 42.5 Å². The number of carbonyl (C=O) groups is 1. The Hall–Kier alpha value is -3.10. The SMILES string of the molecule is COc1ccc(-c2nnc3n2CCN([C@H]2CC[C@](CN)(c4cccc(Cl)c4)CC2)C3=O)cc1OC. The van der Waals surface area contributed by atoms with Gasteiger partial charge < -0.3 is 24.7 Å². The van der Waals surface area contributed by atoms with Gasteiger partial charge in [-0.25, -0.2) is 0 Å². The topological polar surface area (TPSA) is 95.5 Å². The molecule has 1 saturated carbocycles. The lowest BCUT2D eigenvalue weighted by molar-refractivity contribution is 0.0523. The maximum absolute atomic E-state index is 13.4. The van der Waals surface area contributed by atoms with Crippen LogP contribution in [0.5, 0.6) is 11.5 Å². The van der Waals surface area contributed by atoms with Crippen molar-refractivity contribution in [2.24, 2.45) is 5.73 Å². The van der Waals surface area contributed by atoms with Gasteiger partial charge in [0.05, 0.1) is 14.2 Å². The van der Waals surface area contributed by atoms with E-state index in [1.807, 2.05) is 45.9 Å². The van der Waals surface area contributed by atoms with E-state index in [1.165, 1.54) is 5.56 Å². The zero-order valence-corrected chi connectivity index (χ0v) is 20.8. The number of nitrogens with zero attached hydrogens (tertiary/aromatic N) is 4. The molecule has 0 radical (unpaired) electrons. The minimum absolute atomic E-state index is 0.0662. The molecule has 1 aliphatic carbocycles. The minimum Gasteiger partial charge on any atom is -0.493 e. The lowest BCUT2D eigenvalue weighted by Crippen LogP contribution is -2.50. The molecule has 1 fully saturated rings. The first-order chi connectivity index (χ1) is 17.0. The highest BCUT2D eigenvalue weighted by Gasteiger charge is 2.41. The van der Waals surface area contributed by atoms with Gasteiger partial charge in [0.1, 0.15) is 0 Å². The normalized spacial score (nSPS) is 22.1. The van der Waals surface area contributed by atoms with Crippen molar-refractivity contribution in [1.29, 1.82) is 0 Å². The van der Waals surface area contributed by atoms with Gasteiger partial charge in [-0.15, -0.1) is 10.2 Å². The summed E-state index contributed by atoms with van der Waals surface area (Å²) in [5.74, 6) is 2.22. The third-order valence-corrected chi connectivity index (χ3v) is 7.83. The van der Waals surface area contributed by atoms with E-state index in [1.54, 1.807) is 14.2 Å². The van der Waals surface area contributed by atoms with Crippen molar-refractivity contribution in [3.05, 3.63) is 58.9 Å². The fraction of sp³-hybridized carbons (Fsp3) is 0.423. The first-order valence-corrected chi connectivity index (χ1v) is 12.3. The second-order valence-electron chi connectivity index (χ2n) is 9.29. The Morgan fingerprint density at radius 1 is 1.03 bits per heavy atom. The molecule has 5 rings (SSSR count). The van der Waals surface area contributed by atoms with Crippen LogP contribution in [-0.4, -0.2) is 58.9 Å². The fourth-order valence-corrected chi connectivity index (χ4v) is 5.73. The van der Waals surface area contributed by atoms with Gasteiger partial charge in [-0.3, -0.25) is 4.79 Å². The number of benzene rings is 2. The van der Waals surface area contributed by atoms with Crippen LogP contribution in [0.25, 0.3) is 11.4 Å². The fourth-order valence-electron chi connectivity index (χ4n) is 5.54. The quantitative estimate of drug-likeness (QED) is 0.557. The Kier molecular flexibility index (Phi) is 6.42. The molecule has 1 aliphatic heterocycles. The molecule has 2 N–H and O–H groups in total. The molecule has 2 aromatic carbocycles. The summed E-state index contributed by atoms with van der Waals surface area (Å²) in [6, 6.07) is 13.8. The number of ether oxygens (including phenoxy) is 2. The summed E-state index contributed by atoms with van der Waals surface area (Å²) >= 11 is 6.26. The third kappa shape index (κ3) is 4.15. The van der Waals surface area contributed by atoms with Gasteiger partial charge in [0.15, 0.2) is 17.3 Å². The number of fused-ring (bicyclic) bond motifs is 1. The van der Waals surface area contributed by atoms with Crippen LogP contribution in [0.3, 0.4) is 0 Å². The summed E-state index contributed by atoms with van der Waals surface area (Å²) in [5.41, 5.74) is 8.19. The standard InChI is InChI=1S/C26H30ClN5O3/c1-34-21-7-6-17(14-22(21)35-2)23-29-30-24-25(33)31(12-13-32(23)24)20-8-10-26(16-28,11-9-20)18-4-3-5-19(27)15-18/h3-7,14-15,20H,8-13,16,28H2,1-2H3/t20-,26-. The molecule has 3 aromatic rings. The summed E-state index contributed by atoms with van der Waals surface area (Å²) in [6.07, 6.45) is 3.63. The predicted octanol–water partition coefficient (Wildman–Crippen LogP) is 3.91. The van der Waals surface area contributed by atoms with Crippen molar-refractivity contribution in [1.82, 2.24) is 19.7 Å². The highest BCUT2D eigenvalue weighted by molar-refractivity contribution is 6.30. The van der Waals surface area contributed by atoms with Gasteiger partial charge in [0, 0.05) is 41.7 Å². The molecule has 35 heavy (non-hydrogen) atoms. The van der Waals surface area contributed by atoms with Crippen LogP contribution in [0.4, 0.5) is 0 Å². The molecule has 0 bridgehead atoms. The van der Waals surface area contributed by atoms with Crippen LogP contribution in [0.2, 0.25) is 5.02 Å². The molecule has 1 aromatic heterocycles. The lowest BCUT2D eigenvalue weighted by atomic mass is 9.68. The molecular formula is C26H30ClN5O3. The van der Waals surface area contributed by atoms with E-state index in [0.717, 1.165) is 36.3 Å². The van der Waals surface area contributed by atoms with Crippen LogP contribution >= 0.6 is 11.6 Å². The summed E-state index contributed by atoms with van der Waals surface area (Å²) in [5, 5.41) is 9.36. The zero-order chi connectivity index (χ0) is 24.6. The minimum atomic E-state index is -0.0964. The van der Waals surface area contributed by atoms with Gasteiger partial charge in [-0.2, -0.15) is 0 Å². The molecule has 1 amide bonds. The number of aromatic nitrogens is 3. The molecule has 0 atom stereocenters. The van der Waals surface area contributed by atoms with E-state index < -0.39 is 0 Å². The Balaban J connectivity index is 1.34. The maximum atomic E-state index is 13.4. The Morgan fingerprint density at radius 3 is 2.46 bits per heavy atom. The molecule has 2 heterocycles. The van der Waals surface area contributed by atoms with Crippen LogP contribution in [0, 0.1) is 0 Å². The molecule has 0 saturated heterocycles. The second-order valence-corrected chi connectivity index (χ2v) is 9.73. The van der Waals surface area contributed by atoms with Crippen molar-refractivity contribution in [3.8, 4) is 22.9 Å². The van der Waals surface area contributed by atoms with E-state index >= 15 is 0 Å². The van der Waals surface area contributed by atoms with Gasteiger partial charge in [0.2, 0.25) is 5.82 Å². The highest BCUT2D eigenvalue weighted by Crippen LogP contribution is 2.41. The molecule has 8 nitrogen and oxygen atoms in total. The first kappa shape index (κ1) is 23.6. The Bertz CT molecular complexity index is 1240. The van der Waals surface area contributed by atoms with Crippen LogP contribution in [0.1, 0.15) is 41.9 Å². The van der Waals surface area contributed by atoms with Crippen LogP contribution < -0.4 is 15.2 Å². The van der Waals surface area contributed by atoms with Gasteiger partial charge in [0.25, 0.3) is 5.91 Å². The molecule has 184 valence electrons.